The maximum absolute atomic E-state index is 13.1. The van der Waals surface area contributed by atoms with Gasteiger partial charge in [-0.05, 0) is 25.8 Å². The zero-order chi connectivity index (χ0) is 18.6. The number of nitrogens with one attached hydrogen (secondary N) is 2. The lowest BCUT2D eigenvalue weighted by Crippen LogP contribution is -3.19. The number of hydrogen-bond donors (Lipinski definition) is 1. The minimum atomic E-state index is -0.593. The van der Waals surface area contributed by atoms with E-state index in [9.17, 15) is 10.1 Å². The quantitative estimate of drug-likeness (QED) is 0.842. The van der Waals surface area contributed by atoms with E-state index < -0.39 is 5.54 Å². The number of nitrogens with zero attached hydrogens (tertiary/aromatic N) is 3. The number of H-pyrrole nitrogens is 1. The molecule has 1 saturated carbocycles. The maximum atomic E-state index is 13.1. The monoisotopic (exact) mass is 357 g/mol. The molecule has 0 bridgehead atoms. The Labute approximate surface area is 156 Å². The molecule has 1 atom stereocenters. The van der Waals surface area contributed by atoms with E-state index in [1.54, 1.807) is 4.90 Å². The Balaban J connectivity index is 1.60. The highest BCUT2D eigenvalue weighted by molar-refractivity contribution is 5.81. The highest BCUT2D eigenvalue weighted by Crippen LogP contribution is 2.32. The number of hydrogen-bond acceptors (Lipinski definition) is 3. The van der Waals surface area contributed by atoms with E-state index in [-0.39, 0.29) is 11.9 Å². The molecular weight excluding hydrogens is 326 g/mol. The molecule has 0 aromatic carbocycles. The van der Waals surface area contributed by atoms with Crippen molar-refractivity contribution >= 4 is 11.7 Å². The Bertz CT molecular complexity index is 642. The van der Waals surface area contributed by atoms with Crippen molar-refractivity contribution in [3.63, 3.8) is 0 Å². The molecule has 2 fully saturated rings. The molecular formula is C20H31N5O+2. The number of likely N-dealkylation sites (N-methyl/N-ethyl adjacent to an activating group) is 1. The van der Waals surface area contributed by atoms with Gasteiger partial charge in [0.1, 0.15) is 31.7 Å². The first-order chi connectivity index (χ1) is 12.6. The SMILES string of the molecule is C[C@H](C(=O)N(C)C1(C#N)CCCCC1)[NH+]1CCN(c2cccc[nH+]2)CC1. The van der Waals surface area contributed by atoms with Crippen LogP contribution in [0.25, 0.3) is 0 Å². The van der Waals surface area contributed by atoms with Gasteiger partial charge >= 0.3 is 0 Å². The van der Waals surface area contributed by atoms with Crippen molar-refractivity contribution in [3.05, 3.63) is 24.4 Å². The van der Waals surface area contributed by atoms with Crippen LogP contribution in [0.15, 0.2) is 24.4 Å². The minimum Gasteiger partial charge on any atom is -0.322 e. The summed E-state index contributed by atoms with van der Waals surface area (Å²) in [5, 5.41) is 9.75. The molecule has 6 heteroatoms. The Kier molecular flexibility index (Phi) is 5.77. The standard InChI is InChI=1S/C20H29N5O/c1-17(19(26)23(2)20(16-21)9-5-3-6-10-20)24-12-14-25(15-13-24)18-8-4-7-11-22-18/h4,7-8,11,17H,3,5-6,9-10,12-15H2,1-2H3/p+2/t17-/m1/s1. The zero-order valence-corrected chi connectivity index (χ0v) is 16.0. The van der Waals surface area contributed by atoms with Crippen molar-refractivity contribution < 1.29 is 14.7 Å². The molecule has 0 unspecified atom stereocenters. The molecule has 26 heavy (non-hydrogen) atoms. The van der Waals surface area contributed by atoms with Crippen molar-refractivity contribution in [2.24, 2.45) is 0 Å². The summed E-state index contributed by atoms with van der Waals surface area (Å²) in [6, 6.07) is 8.48. The molecule has 1 aliphatic carbocycles. The van der Waals surface area contributed by atoms with Gasteiger partial charge in [0, 0.05) is 13.1 Å². The third-order valence-corrected chi connectivity index (χ3v) is 6.28. The fourth-order valence-corrected chi connectivity index (χ4v) is 4.38. The van der Waals surface area contributed by atoms with E-state index in [2.05, 4.69) is 22.0 Å². The predicted molar refractivity (Wildman–Crippen MR) is 99.6 cm³/mol. The Morgan fingerprint density at radius 3 is 2.58 bits per heavy atom. The fourth-order valence-electron chi connectivity index (χ4n) is 4.38. The smallest absolute Gasteiger partial charge is 0.281 e. The number of pyridine rings is 1. The number of quaternary nitrogens is 1. The summed E-state index contributed by atoms with van der Waals surface area (Å²) < 4.78 is 0. The molecule has 1 aromatic heterocycles. The van der Waals surface area contributed by atoms with E-state index in [4.69, 9.17) is 0 Å². The summed E-state index contributed by atoms with van der Waals surface area (Å²) >= 11 is 0. The second-order valence-electron chi connectivity index (χ2n) is 7.72. The van der Waals surface area contributed by atoms with Gasteiger partial charge in [0.25, 0.3) is 11.7 Å². The molecule has 2 heterocycles. The Hall–Kier alpha value is -2.13. The highest BCUT2D eigenvalue weighted by Gasteiger charge is 2.43. The number of anilines is 1. The second kappa shape index (κ2) is 8.05. The van der Waals surface area contributed by atoms with Gasteiger partial charge in [0.05, 0.1) is 12.3 Å². The van der Waals surface area contributed by atoms with Gasteiger partial charge in [0.15, 0.2) is 6.04 Å². The van der Waals surface area contributed by atoms with Gasteiger partial charge < -0.3 is 9.80 Å². The first-order valence-electron chi connectivity index (χ1n) is 9.82. The van der Waals surface area contributed by atoms with Crippen molar-refractivity contribution in [2.45, 2.75) is 50.6 Å². The van der Waals surface area contributed by atoms with E-state index in [1.807, 2.05) is 32.3 Å². The van der Waals surface area contributed by atoms with Gasteiger partial charge in [-0.1, -0.05) is 25.3 Å². The molecule has 2 aliphatic rings. The van der Waals surface area contributed by atoms with Crippen LogP contribution >= 0.6 is 0 Å². The summed E-state index contributed by atoms with van der Waals surface area (Å²) in [6.45, 7) is 5.75. The third-order valence-electron chi connectivity index (χ3n) is 6.28. The zero-order valence-electron chi connectivity index (χ0n) is 16.0. The number of piperazine rings is 1. The van der Waals surface area contributed by atoms with Gasteiger partial charge in [0.2, 0.25) is 0 Å². The third kappa shape index (κ3) is 3.68. The summed E-state index contributed by atoms with van der Waals surface area (Å²) in [6.07, 6.45) is 6.82. The summed E-state index contributed by atoms with van der Waals surface area (Å²) in [7, 11) is 1.84. The fraction of sp³-hybridized carbons (Fsp3) is 0.650. The molecule has 1 aliphatic heterocycles. The van der Waals surface area contributed by atoms with Crippen molar-refractivity contribution in [3.8, 4) is 6.07 Å². The molecule has 1 amide bonds. The highest BCUT2D eigenvalue weighted by atomic mass is 16.2. The predicted octanol–water partition coefficient (Wildman–Crippen LogP) is 0.279. The van der Waals surface area contributed by atoms with Crippen LogP contribution in [-0.4, -0.2) is 55.6 Å². The van der Waals surface area contributed by atoms with E-state index in [0.717, 1.165) is 57.7 Å². The lowest BCUT2D eigenvalue weighted by molar-refractivity contribution is -0.915. The van der Waals surface area contributed by atoms with Crippen molar-refractivity contribution in [1.29, 1.82) is 5.26 Å². The van der Waals surface area contributed by atoms with E-state index in [1.165, 1.54) is 11.3 Å². The van der Waals surface area contributed by atoms with Crippen molar-refractivity contribution in [2.75, 3.05) is 38.1 Å². The van der Waals surface area contributed by atoms with Gasteiger partial charge in [-0.25, -0.2) is 4.98 Å². The molecule has 3 rings (SSSR count). The van der Waals surface area contributed by atoms with Crippen LogP contribution in [0, 0.1) is 11.3 Å². The van der Waals surface area contributed by atoms with Gasteiger partial charge in [-0.15, -0.1) is 0 Å². The number of nitriles is 1. The van der Waals surface area contributed by atoms with Crippen LogP contribution in [0.3, 0.4) is 0 Å². The molecule has 1 aromatic rings. The largest absolute Gasteiger partial charge is 0.322 e. The first-order valence-corrected chi connectivity index (χ1v) is 9.82. The summed E-state index contributed by atoms with van der Waals surface area (Å²) in [5.74, 6) is 1.25. The van der Waals surface area contributed by atoms with Crippen LogP contribution in [0.2, 0.25) is 0 Å². The van der Waals surface area contributed by atoms with Gasteiger partial charge in [-0.2, -0.15) is 5.26 Å². The molecule has 1 saturated heterocycles. The van der Waals surface area contributed by atoms with Crippen molar-refractivity contribution in [1.82, 2.24) is 4.90 Å². The summed E-state index contributed by atoms with van der Waals surface area (Å²) in [5.41, 5.74) is -0.593. The Morgan fingerprint density at radius 2 is 2.00 bits per heavy atom. The minimum absolute atomic E-state index is 0.103. The second-order valence-corrected chi connectivity index (χ2v) is 7.72. The molecule has 0 radical (unpaired) electrons. The molecule has 6 nitrogen and oxygen atoms in total. The van der Waals surface area contributed by atoms with Crippen LogP contribution in [-0.2, 0) is 4.79 Å². The average Bonchev–Trinajstić information content (AvgIpc) is 2.73. The van der Waals surface area contributed by atoms with Crippen LogP contribution in [0.5, 0.6) is 0 Å². The molecule has 2 N–H and O–H groups in total. The van der Waals surface area contributed by atoms with E-state index in [0.29, 0.717) is 0 Å². The van der Waals surface area contributed by atoms with Crippen LogP contribution < -0.4 is 14.8 Å². The topological polar surface area (TPSA) is 65.9 Å². The number of carbonyl (C=O) groups excluding carboxylic acids is 1. The number of aromatic nitrogens is 1. The van der Waals surface area contributed by atoms with E-state index >= 15 is 0 Å². The Morgan fingerprint density at radius 1 is 1.31 bits per heavy atom. The molecule has 140 valence electrons. The van der Waals surface area contributed by atoms with Crippen LogP contribution in [0.1, 0.15) is 39.0 Å². The van der Waals surface area contributed by atoms with Gasteiger partial charge in [-0.3, -0.25) is 9.69 Å². The number of aromatic amines is 1. The number of rotatable bonds is 4. The molecule has 0 spiro atoms. The number of amides is 1. The lowest BCUT2D eigenvalue weighted by atomic mass is 9.81. The summed E-state index contributed by atoms with van der Waals surface area (Å²) in [4.78, 5) is 21.8. The maximum Gasteiger partial charge on any atom is 0.281 e. The average molecular weight is 358 g/mol. The number of carbonyl (C=O) groups is 1. The van der Waals surface area contributed by atoms with Crippen LogP contribution in [0.4, 0.5) is 5.82 Å². The first kappa shape index (κ1) is 18.7. The lowest BCUT2D eigenvalue weighted by Gasteiger charge is -2.41. The normalized spacial score (nSPS) is 21.7.